The van der Waals surface area contributed by atoms with E-state index >= 15 is 0 Å². The Balaban J connectivity index is 1.68. The summed E-state index contributed by atoms with van der Waals surface area (Å²) in [7, 11) is 0. The van der Waals surface area contributed by atoms with E-state index in [0.29, 0.717) is 24.2 Å². The molecule has 1 atom stereocenters. The maximum absolute atomic E-state index is 13.1. The molecule has 124 valence electrons. The zero-order valence-corrected chi connectivity index (χ0v) is 13.4. The van der Waals surface area contributed by atoms with E-state index in [1.807, 2.05) is 31.2 Å². The molecule has 7 nitrogen and oxygen atoms in total. The number of carbonyl (C=O) groups excluding carboxylic acids is 1. The fraction of sp³-hybridized carbons (Fsp3) is 0.353. The minimum Gasteiger partial charge on any atom is -0.382 e. The first-order valence-electron chi connectivity index (χ1n) is 8.04. The third-order valence-electron chi connectivity index (χ3n) is 4.76. The van der Waals surface area contributed by atoms with Gasteiger partial charge < -0.3 is 15.0 Å². The van der Waals surface area contributed by atoms with Gasteiger partial charge in [-0.05, 0) is 25.8 Å². The molecule has 2 aromatic heterocycles. The maximum atomic E-state index is 13.1. The van der Waals surface area contributed by atoms with Crippen molar-refractivity contribution in [3.8, 4) is 0 Å². The second-order valence-corrected chi connectivity index (χ2v) is 6.39. The second-order valence-electron chi connectivity index (χ2n) is 6.39. The highest BCUT2D eigenvalue weighted by molar-refractivity contribution is 6.08. The van der Waals surface area contributed by atoms with Gasteiger partial charge in [-0.15, -0.1) is 0 Å². The first-order valence-corrected chi connectivity index (χ1v) is 8.04. The zero-order valence-electron chi connectivity index (χ0n) is 13.4. The number of hydrogen-bond acceptors (Lipinski definition) is 4. The Bertz CT molecular complexity index is 886. The lowest BCUT2D eigenvalue weighted by Gasteiger charge is -2.38. The van der Waals surface area contributed by atoms with Crippen molar-refractivity contribution in [1.82, 2.24) is 25.3 Å². The highest BCUT2D eigenvalue weighted by Gasteiger charge is 2.39. The van der Waals surface area contributed by atoms with E-state index in [-0.39, 0.29) is 12.5 Å². The number of para-hydroxylation sites is 1. The number of fused-ring (bicyclic) bond motifs is 1. The molecular formula is C17H19N5O2. The summed E-state index contributed by atoms with van der Waals surface area (Å²) in [6.07, 6.45) is 2.80. The summed E-state index contributed by atoms with van der Waals surface area (Å²) in [6.45, 7) is 2.75. The third kappa shape index (κ3) is 2.28. The minimum atomic E-state index is -1.15. The summed E-state index contributed by atoms with van der Waals surface area (Å²) < 4.78 is 0. The van der Waals surface area contributed by atoms with Crippen molar-refractivity contribution in [2.24, 2.45) is 0 Å². The molecule has 3 N–H and O–H groups in total. The summed E-state index contributed by atoms with van der Waals surface area (Å²) in [5, 5.41) is 22.1. The molecule has 3 aromatic rings. The third-order valence-corrected chi connectivity index (χ3v) is 4.76. The van der Waals surface area contributed by atoms with Crippen LogP contribution in [0.25, 0.3) is 10.9 Å². The molecule has 1 amide bonds. The lowest BCUT2D eigenvalue weighted by atomic mass is 9.89. The van der Waals surface area contributed by atoms with Gasteiger partial charge in [-0.1, -0.05) is 18.2 Å². The number of aromatic amines is 2. The van der Waals surface area contributed by atoms with Gasteiger partial charge in [0, 0.05) is 23.1 Å². The van der Waals surface area contributed by atoms with Crippen molar-refractivity contribution < 1.29 is 9.90 Å². The summed E-state index contributed by atoms with van der Waals surface area (Å²) in [5.74, 6) is -0.0634. The van der Waals surface area contributed by atoms with Gasteiger partial charge in [0.25, 0.3) is 5.91 Å². The second kappa shape index (κ2) is 5.45. The van der Waals surface area contributed by atoms with Crippen LogP contribution in [0.1, 0.15) is 34.6 Å². The molecule has 1 aromatic carbocycles. The van der Waals surface area contributed by atoms with E-state index in [2.05, 4.69) is 20.4 Å². The molecule has 4 rings (SSSR count). The molecule has 3 heterocycles. The monoisotopic (exact) mass is 325 g/mol. The minimum absolute atomic E-state index is 0.0634. The number of rotatable bonds is 2. The number of amides is 1. The molecule has 0 aliphatic carbocycles. The molecule has 0 saturated carbocycles. The number of likely N-dealkylation sites (tertiary alicyclic amines) is 1. The first kappa shape index (κ1) is 14.9. The van der Waals surface area contributed by atoms with Gasteiger partial charge >= 0.3 is 0 Å². The van der Waals surface area contributed by atoms with Crippen LogP contribution in [0.5, 0.6) is 0 Å². The van der Waals surface area contributed by atoms with Crippen molar-refractivity contribution in [3.63, 3.8) is 0 Å². The van der Waals surface area contributed by atoms with Gasteiger partial charge in [-0.3, -0.25) is 4.79 Å². The first-order chi connectivity index (χ1) is 11.6. The molecule has 1 saturated heterocycles. The standard InChI is InChI=1S/C17H19N5O2/c1-11-15(12-5-2-3-6-13(12)19-11)16(23)22-8-4-7-17(24,10-22)14-9-18-21-20-14/h2-3,5-6,9,19,24H,4,7-8,10H2,1H3,(H,18,20,21)/t17-/m1/s1. The molecule has 0 spiro atoms. The van der Waals surface area contributed by atoms with Crippen molar-refractivity contribution in [2.45, 2.75) is 25.4 Å². The molecule has 0 bridgehead atoms. The van der Waals surface area contributed by atoms with E-state index in [1.54, 1.807) is 4.90 Å². The van der Waals surface area contributed by atoms with Crippen LogP contribution in [-0.4, -0.2) is 49.4 Å². The van der Waals surface area contributed by atoms with Gasteiger partial charge in [-0.25, -0.2) is 0 Å². The van der Waals surface area contributed by atoms with Gasteiger partial charge in [0.05, 0.1) is 18.3 Å². The Hall–Kier alpha value is -2.67. The molecule has 1 fully saturated rings. The molecule has 24 heavy (non-hydrogen) atoms. The van der Waals surface area contributed by atoms with Crippen LogP contribution < -0.4 is 0 Å². The fourth-order valence-corrected chi connectivity index (χ4v) is 3.55. The quantitative estimate of drug-likeness (QED) is 0.668. The average Bonchev–Trinajstić information content (AvgIpc) is 3.21. The van der Waals surface area contributed by atoms with Crippen LogP contribution in [0.15, 0.2) is 30.5 Å². The van der Waals surface area contributed by atoms with Gasteiger partial charge in [-0.2, -0.15) is 15.4 Å². The highest BCUT2D eigenvalue weighted by Crippen LogP contribution is 2.32. The Kier molecular flexibility index (Phi) is 3.38. The van der Waals surface area contributed by atoms with Gasteiger partial charge in [0.15, 0.2) is 0 Å². The van der Waals surface area contributed by atoms with Crippen LogP contribution in [0.3, 0.4) is 0 Å². The summed E-state index contributed by atoms with van der Waals surface area (Å²) in [6, 6.07) is 7.77. The Labute approximate surface area is 138 Å². The average molecular weight is 325 g/mol. The number of piperidine rings is 1. The number of benzene rings is 1. The lowest BCUT2D eigenvalue weighted by Crippen LogP contribution is -2.48. The topological polar surface area (TPSA) is 97.9 Å². The Morgan fingerprint density at radius 1 is 1.38 bits per heavy atom. The van der Waals surface area contributed by atoms with E-state index in [0.717, 1.165) is 23.0 Å². The molecule has 1 aliphatic rings. The number of nitrogens with one attached hydrogen (secondary N) is 2. The maximum Gasteiger partial charge on any atom is 0.256 e. The van der Waals surface area contributed by atoms with Gasteiger partial charge in [0.1, 0.15) is 11.3 Å². The van der Waals surface area contributed by atoms with E-state index in [1.165, 1.54) is 6.20 Å². The van der Waals surface area contributed by atoms with Crippen LogP contribution in [-0.2, 0) is 5.60 Å². The predicted octanol–water partition coefficient (Wildman–Crippen LogP) is 1.72. The number of nitrogens with zero attached hydrogens (tertiary/aromatic N) is 3. The Morgan fingerprint density at radius 2 is 2.21 bits per heavy atom. The van der Waals surface area contributed by atoms with Crippen molar-refractivity contribution in [3.05, 3.63) is 47.4 Å². The molecule has 0 unspecified atom stereocenters. The van der Waals surface area contributed by atoms with Crippen LogP contribution >= 0.6 is 0 Å². The van der Waals surface area contributed by atoms with Crippen LogP contribution in [0.4, 0.5) is 0 Å². The van der Waals surface area contributed by atoms with E-state index < -0.39 is 5.60 Å². The number of carbonyl (C=O) groups is 1. The van der Waals surface area contributed by atoms with E-state index in [9.17, 15) is 9.90 Å². The number of H-pyrrole nitrogens is 2. The highest BCUT2D eigenvalue weighted by atomic mass is 16.3. The molecule has 0 radical (unpaired) electrons. The molecular weight excluding hydrogens is 306 g/mol. The van der Waals surface area contributed by atoms with Crippen molar-refractivity contribution in [1.29, 1.82) is 0 Å². The van der Waals surface area contributed by atoms with E-state index in [4.69, 9.17) is 0 Å². The summed E-state index contributed by atoms with van der Waals surface area (Å²) in [5.41, 5.74) is 1.80. The number of aryl methyl sites for hydroxylation is 1. The SMILES string of the molecule is Cc1[nH]c2ccccc2c1C(=O)N1CCC[C@](O)(c2cn[nH]n2)C1. The largest absolute Gasteiger partial charge is 0.382 e. The van der Waals surface area contributed by atoms with Crippen LogP contribution in [0.2, 0.25) is 0 Å². The number of hydrogen-bond donors (Lipinski definition) is 3. The number of aromatic nitrogens is 4. The summed E-state index contributed by atoms with van der Waals surface area (Å²) >= 11 is 0. The van der Waals surface area contributed by atoms with Crippen LogP contribution in [0, 0.1) is 6.92 Å². The summed E-state index contributed by atoms with van der Waals surface area (Å²) in [4.78, 5) is 18.1. The van der Waals surface area contributed by atoms with Crippen molar-refractivity contribution >= 4 is 16.8 Å². The van der Waals surface area contributed by atoms with Crippen molar-refractivity contribution in [2.75, 3.05) is 13.1 Å². The molecule has 1 aliphatic heterocycles. The fourth-order valence-electron chi connectivity index (χ4n) is 3.55. The zero-order chi connectivity index (χ0) is 16.7. The number of aliphatic hydroxyl groups is 1. The normalized spacial score (nSPS) is 21.3. The smallest absolute Gasteiger partial charge is 0.256 e. The number of β-amino-alcohol motifs (C(OH)–C–C–N with tert-alkyl or cyclic N) is 1. The molecule has 7 heteroatoms. The van der Waals surface area contributed by atoms with Gasteiger partial charge in [0.2, 0.25) is 0 Å². The Morgan fingerprint density at radius 3 is 3.00 bits per heavy atom. The lowest BCUT2D eigenvalue weighted by molar-refractivity contribution is -0.0320. The predicted molar refractivity (Wildman–Crippen MR) is 88.5 cm³/mol.